The monoisotopic (exact) mass is 341 g/mol. The Morgan fingerprint density at radius 1 is 1.20 bits per heavy atom. The van der Waals surface area contributed by atoms with Gasteiger partial charge in [-0.15, -0.1) is 0 Å². The van der Waals surface area contributed by atoms with Crippen LogP contribution in [0, 0.1) is 13.8 Å². The Kier molecular flexibility index (Phi) is 4.61. The molecule has 0 saturated heterocycles. The average molecular weight is 341 g/mol. The largest absolute Gasteiger partial charge is 0.480 e. The van der Waals surface area contributed by atoms with Gasteiger partial charge in [-0.2, -0.15) is 5.10 Å². The minimum Gasteiger partial charge on any atom is -0.480 e. The first kappa shape index (κ1) is 17.2. The second-order valence-electron chi connectivity index (χ2n) is 6.83. The highest BCUT2D eigenvalue weighted by Gasteiger charge is 2.42. The summed E-state index contributed by atoms with van der Waals surface area (Å²) in [5, 5.41) is 16.6. The summed E-state index contributed by atoms with van der Waals surface area (Å²) in [5.41, 5.74) is 2.47. The number of carboxylic acids is 1. The lowest BCUT2D eigenvalue weighted by atomic mass is 9.97. The van der Waals surface area contributed by atoms with E-state index in [1.807, 2.05) is 36.7 Å². The van der Waals surface area contributed by atoms with E-state index in [0.29, 0.717) is 24.9 Å². The zero-order chi connectivity index (χ0) is 18.0. The first-order chi connectivity index (χ1) is 11.9. The van der Waals surface area contributed by atoms with Gasteiger partial charge in [-0.25, -0.2) is 4.79 Å². The van der Waals surface area contributed by atoms with Crippen molar-refractivity contribution in [1.82, 2.24) is 15.1 Å². The van der Waals surface area contributed by atoms with E-state index in [2.05, 4.69) is 10.4 Å². The number of carboxylic acid groups (broad SMARTS) is 1. The van der Waals surface area contributed by atoms with Gasteiger partial charge in [0, 0.05) is 11.3 Å². The third kappa shape index (κ3) is 3.57. The van der Waals surface area contributed by atoms with Crippen LogP contribution in [0.1, 0.15) is 53.0 Å². The molecule has 0 radical (unpaired) electrons. The van der Waals surface area contributed by atoms with Crippen LogP contribution in [0.25, 0.3) is 0 Å². The van der Waals surface area contributed by atoms with Crippen LogP contribution < -0.4 is 5.32 Å². The molecule has 0 aliphatic heterocycles. The van der Waals surface area contributed by atoms with Gasteiger partial charge in [-0.3, -0.25) is 9.48 Å². The Balaban J connectivity index is 1.70. The number of benzene rings is 1. The van der Waals surface area contributed by atoms with E-state index in [1.54, 1.807) is 12.1 Å². The number of hydrogen-bond donors (Lipinski definition) is 2. The number of carbonyl (C=O) groups is 2. The zero-order valence-electron chi connectivity index (χ0n) is 14.6. The van der Waals surface area contributed by atoms with Crippen LogP contribution >= 0.6 is 0 Å². The predicted octanol–water partition coefficient (Wildman–Crippen LogP) is 2.68. The van der Waals surface area contributed by atoms with Crippen LogP contribution in [0.2, 0.25) is 0 Å². The second-order valence-corrected chi connectivity index (χ2v) is 6.83. The number of aromatic nitrogens is 2. The lowest BCUT2D eigenvalue weighted by Crippen LogP contribution is -2.52. The van der Waals surface area contributed by atoms with Crippen LogP contribution in [-0.2, 0) is 11.3 Å². The molecular formula is C19H23N3O3. The summed E-state index contributed by atoms with van der Waals surface area (Å²) in [6.45, 7) is 4.60. The lowest BCUT2D eigenvalue weighted by Gasteiger charge is -2.25. The zero-order valence-corrected chi connectivity index (χ0v) is 14.6. The Labute approximate surface area is 146 Å². The van der Waals surface area contributed by atoms with Gasteiger partial charge < -0.3 is 10.4 Å². The maximum atomic E-state index is 12.4. The van der Waals surface area contributed by atoms with Crippen LogP contribution in [0.15, 0.2) is 30.3 Å². The molecule has 1 fully saturated rings. The molecule has 1 saturated carbocycles. The van der Waals surface area contributed by atoms with E-state index >= 15 is 0 Å². The van der Waals surface area contributed by atoms with Crippen molar-refractivity contribution in [2.24, 2.45) is 0 Å². The quantitative estimate of drug-likeness (QED) is 0.876. The van der Waals surface area contributed by atoms with E-state index in [1.165, 1.54) is 0 Å². The molecule has 6 nitrogen and oxygen atoms in total. The molecule has 132 valence electrons. The number of amides is 1. The minimum absolute atomic E-state index is 0.332. The van der Waals surface area contributed by atoms with Gasteiger partial charge in [0.05, 0.1) is 12.2 Å². The fourth-order valence-electron chi connectivity index (χ4n) is 3.43. The van der Waals surface area contributed by atoms with Gasteiger partial charge in [0.15, 0.2) is 0 Å². The van der Waals surface area contributed by atoms with Gasteiger partial charge in [0.25, 0.3) is 5.91 Å². The molecule has 1 aromatic heterocycles. The van der Waals surface area contributed by atoms with E-state index in [-0.39, 0.29) is 5.91 Å². The third-order valence-corrected chi connectivity index (χ3v) is 4.87. The number of carbonyl (C=O) groups excluding carboxylic acids is 1. The second kappa shape index (κ2) is 6.70. The molecule has 0 unspecified atom stereocenters. The predicted molar refractivity (Wildman–Crippen MR) is 93.5 cm³/mol. The van der Waals surface area contributed by atoms with E-state index < -0.39 is 11.5 Å². The molecule has 0 bridgehead atoms. The molecule has 1 aliphatic rings. The fourth-order valence-corrected chi connectivity index (χ4v) is 3.43. The molecular weight excluding hydrogens is 318 g/mol. The Morgan fingerprint density at radius 2 is 1.84 bits per heavy atom. The van der Waals surface area contributed by atoms with Crippen molar-refractivity contribution in [2.75, 3.05) is 0 Å². The topological polar surface area (TPSA) is 84.2 Å². The molecule has 1 aromatic carbocycles. The van der Waals surface area contributed by atoms with Crippen molar-refractivity contribution in [3.63, 3.8) is 0 Å². The summed E-state index contributed by atoms with van der Waals surface area (Å²) < 4.78 is 1.92. The highest BCUT2D eigenvalue weighted by Crippen LogP contribution is 2.30. The lowest BCUT2D eigenvalue weighted by molar-refractivity contribution is -0.144. The first-order valence-corrected chi connectivity index (χ1v) is 8.55. The summed E-state index contributed by atoms with van der Waals surface area (Å²) in [6.07, 6.45) is 2.64. The Hall–Kier alpha value is -2.63. The molecule has 3 rings (SSSR count). The Bertz CT molecular complexity index is 787. The van der Waals surface area contributed by atoms with Gasteiger partial charge in [-0.1, -0.05) is 25.0 Å². The van der Waals surface area contributed by atoms with Gasteiger partial charge >= 0.3 is 5.97 Å². The molecule has 1 amide bonds. The summed E-state index contributed by atoms with van der Waals surface area (Å²) in [6, 6.07) is 9.26. The summed E-state index contributed by atoms with van der Waals surface area (Å²) in [7, 11) is 0. The third-order valence-electron chi connectivity index (χ3n) is 4.87. The van der Waals surface area contributed by atoms with Crippen LogP contribution in [0.4, 0.5) is 0 Å². The van der Waals surface area contributed by atoms with Crippen molar-refractivity contribution in [3.8, 4) is 0 Å². The molecule has 1 heterocycles. The average Bonchev–Trinajstić information content (AvgIpc) is 3.16. The minimum atomic E-state index is -1.11. The molecule has 2 N–H and O–H groups in total. The van der Waals surface area contributed by atoms with Crippen molar-refractivity contribution in [3.05, 3.63) is 52.8 Å². The van der Waals surface area contributed by atoms with Gasteiger partial charge in [0.1, 0.15) is 5.54 Å². The van der Waals surface area contributed by atoms with Gasteiger partial charge in [0.2, 0.25) is 0 Å². The van der Waals surface area contributed by atoms with Gasteiger partial charge in [-0.05, 0) is 50.5 Å². The number of aliphatic carboxylic acids is 1. The van der Waals surface area contributed by atoms with Crippen LogP contribution in [-0.4, -0.2) is 32.3 Å². The summed E-state index contributed by atoms with van der Waals surface area (Å²) in [4.78, 5) is 24.0. The Morgan fingerprint density at radius 3 is 2.36 bits per heavy atom. The van der Waals surface area contributed by atoms with Crippen molar-refractivity contribution in [1.29, 1.82) is 0 Å². The van der Waals surface area contributed by atoms with E-state index in [9.17, 15) is 14.7 Å². The van der Waals surface area contributed by atoms with Crippen molar-refractivity contribution >= 4 is 11.9 Å². The van der Waals surface area contributed by atoms with E-state index in [4.69, 9.17) is 0 Å². The van der Waals surface area contributed by atoms with Crippen LogP contribution in [0.3, 0.4) is 0 Å². The normalized spacial score (nSPS) is 15.9. The number of nitrogens with one attached hydrogen (secondary N) is 1. The standard InChI is InChI=1S/C19H23N3O3/c1-13-11-14(2)22(21-13)12-15-5-7-16(8-6-15)17(23)20-19(18(24)25)9-3-4-10-19/h5-8,11H,3-4,9-10,12H2,1-2H3,(H,20,23)(H,24,25). The maximum Gasteiger partial charge on any atom is 0.329 e. The SMILES string of the molecule is Cc1cc(C)n(Cc2ccc(C(=O)NC3(C(=O)O)CCCC3)cc2)n1. The molecule has 0 atom stereocenters. The highest BCUT2D eigenvalue weighted by atomic mass is 16.4. The molecule has 0 spiro atoms. The van der Waals surface area contributed by atoms with E-state index in [0.717, 1.165) is 29.8 Å². The number of nitrogens with zero attached hydrogens (tertiary/aromatic N) is 2. The molecule has 25 heavy (non-hydrogen) atoms. The molecule has 2 aromatic rings. The number of aryl methyl sites for hydroxylation is 2. The smallest absolute Gasteiger partial charge is 0.329 e. The maximum absolute atomic E-state index is 12.4. The van der Waals surface area contributed by atoms with Crippen LogP contribution in [0.5, 0.6) is 0 Å². The highest BCUT2D eigenvalue weighted by molar-refractivity contribution is 5.98. The number of rotatable bonds is 5. The molecule has 6 heteroatoms. The summed E-state index contributed by atoms with van der Waals surface area (Å²) >= 11 is 0. The first-order valence-electron chi connectivity index (χ1n) is 8.55. The summed E-state index contributed by atoms with van der Waals surface area (Å²) in [5.74, 6) is -1.28. The fraction of sp³-hybridized carbons (Fsp3) is 0.421. The molecule has 1 aliphatic carbocycles. The van der Waals surface area contributed by atoms with Crippen molar-refractivity contribution < 1.29 is 14.7 Å². The van der Waals surface area contributed by atoms with Crippen molar-refractivity contribution in [2.45, 2.75) is 51.6 Å². The number of hydrogen-bond acceptors (Lipinski definition) is 3.